The molecule has 2 aromatic carbocycles. The van der Waals surface area contributed by atoms with Gasteiger partial charge in [0.1, 0.15) is 17.5 Å². The molecular formula is C14H11BrClF3N2. The van der Waals surface area contributed by atoms with E-state index >= 15 is 0 Å². The summed E-state index contributed by atoms with van der Waals surface area (Å²) in [5, 5.41) is 0.332. The highest BCUT2D eigenvalue weighted by molar-refractivity contribution is 9.10. The molecule has 0 heterocycles. The van der Waals surface area contributed by atoms with Crippen LogP contribution in [0.25, 0.3) is 0 Å². The maximum atomic E-state index is 13.9. The molecule has 0 aliphatic rings. The zero-order valence-electron chi connectivity index (χ0n) is 10.6. The molecule has 0 spiro atoms. The van der Waals surface area contributed by atoms with Crippen molar-refractivity contribution in [3.05, 3.63) is 68.4 Å². The van der Waals surface area contributed by atoms with E-state index in [9.17, 15) is 13.2 Å². The molecule has 112 valence electrons. The van der Waals surface area contributed by atoms with Crippen molar-refractivity contribution in [3.63, 3.8) is 0 Å². The van der Waals surface area contributed by atoms with Gasteiger partial charge in [-0.05, 0) is 42.3 Å². The molecule has 2 aromatic rings. The largest absolute Gasteiger partial charge is 0.271 e. The summed E-state index contributed by atoms with van der Waals surface area (Å²) >= 11 is 8.80. The van der Waals surface area contributed by atoms with Gasteiger partial charge in [0.15, 0.2) is 0 Å². The van der Waals surface area contributed by atoms with E-state index in [0.717, 1.165) is 12.1 Å². The molecule has 0 bridgehead atoms. The van der Waals surface area contributed by atoms with E-state index < -0.39 is 23.5 Å². The second kappa shape index (κ2) is 6.79. The second-order valence-corrected chi connectivity index (χ2v) is 5.79. The summed E-state index contributed by atoms with van der Waals surface area (Å²) in [4.78, 5) is 0. The molecule has 2 rings (SSSR count). The van der Waals surface area contributed by atoms with Crippen LogP contribution in [0.15, 0.2) is 34.8 Å². The normalized spacial score (nSPS) is 12.5. The van der Waals surface area contributed by atoms with E-state index in [-0.39, 0.29) is 22.0 Å². The molecule has 0 radical (unpaired) electrons. The minimum Gasteiger partial charge on any atom is -0.271 e. The van der Waals surface area contributed by atoms with Crippen molar-refractivity contribution in [2.75, 3.05) is 0 Å². The topological polar surface area (TPSA) is 38.0 Å². The fourth-order valence-corrected chi connectivity index (χ4v) is 2.65. The number of benzene rings is 2. The summed E-state index contributed by atoms with van der Waals surface area (Å²) < 4.78 is 41.9. The van der Waals surface area contributed by atoms with Gasteiger partial charge in [0.05, 0.1) is 6.04 Å². The Hall–Kier alpha value is -1.08. The van der Waals surface area contributed by atoms with Gasteiger partial charge in [0.2, 0.25) is 0 Å². The Morgan fingerprint density at radius 3 is 2.29 bits per heavy atom. The highest BCUT2D eigenvalue weighted by Crippen LogP contribution is 2.28. The van der Waals surface area contributed by atoms with Crippen molar-refractivity contribution < 1.29 is 13.2 Å². The van der Waals surface area contributed by atoms with Crippen molar-refractivity contribution >= 4 is 27.5 Å². The van der Waals surface area contributed by atoms with Gasteiger partial charge in [-0.25, -0.2) is 13.2 Å². The van der Waals surface area contributed by atoms with Crippen LogP contribution in [0, 0.1) is 17.5 Å². The minimum absolute atomic E-state index is 0.0433. The summed E-state index contributed by atoms with van der Waals surface area (Å²) in [5.74, 6) is 3.31. The fraction of sp³-hybridized carbons (Fsp3) is 0.143. The molecule has 0 aliphatic carbocycles. The minimum atomic E-state index is -0.925. The van der Waals surface area contributed by atoms with Gasteiger partial charge in [0, 0.05) is 15.1 Å². The van der Waals surface area contributed by atoms with Crippen molar-refractivity contribution in [2.24, 2.45) is 5.84 Å². The summed E-state index contributed by atoms with van der Waals surface area (Å²) in [7, 11) is 0. The second-order valence-electron chi connectivity index (χ2n) is 4.44. The Labute approximate surface area is 133 Å². The van der Waals surface area contributed by atoms with E-state index in [2.05, 4.69) is 21.4 Å². The summed E-state index contributed by atoms with van der Waals surface area (Å²) in [6.07, 6.45) is -0.0433. The molecule has 0 amide bonds. The van der Waals surface area contributed by atoms with Crippen molar-refractivity contribution in [1.29, 1.82) is 0 Å². The van der Waals surface area contributed by atoms with E-state index in [1.54, 1.807) is 0 Å². The van der Waals surface area contributed by atoms with Crippen molar-refractivity contribution in [3.8, 4) is 0 Å². The van der Waals surface area contributed by atoms with E-state index in [0.29, 0.717) is 5.02 Å². The first-order chi connectivity index (χ1) is 9.92. The number of nitrogens with one attached hydrogen (secondary N) is 1. The van der Waals surface area contributed by atoms with Crippen LogP contribution in [-0.4, -0.2) is 0 Å². The van der Waals surface area contributed by atoms with Gasteiger partial charge in [0.25, 0.3) is 0 Å². The SMILES string of the molecule is NNC(Cc1cc(Cl)ccc1F)c1c(F)cc(Br)cc1F. The first-order valence-corrected chi connectivity index (χ1v) is 7.14. The van der Waals surface area contributed by atoms with Crippen LogP contribution in [-0.2, 0) is 6.42 Å². The Bertz CT molecular complexity index is 644. The van der Waals surface area contributed by atoms with Crippen LogP contribution < -0.4 is 11.3 Å². The maximum absolute atomic E-state index is 13.9. The van der Waals surface area contributed by atoms with Gasteiger partial charge in [-0.1, -0.05) is 27.5 Å². The third-order valence-electron chi connectivity index (χ3n) is 3.03. The molecule has 1 unspecified atom stereocenters. The molecule has 7 heteroatoms. The summed E-state index contributed by atoms with van der Waals surface area (Å²) in [6, 6.07) is 5.31. The van der Waals surface area contributed by atoms with Crippen molar-refractivity contribution in [1.82, 2.24) is 5.43 Å². The molecule has 21 heavy (non-hydrogen) atoms. The maximum Gasteiger partial charge on any atom is 0.132 e. The van der Waals surface area contributed by atoms with Gasteiger partial charge in [-0.2, -0.15) is 0 Å². The van der Waals surface area contributed by atoms with Crippen LogP contribution in [0.2, 0.25) is 5.02 Å². The van der Waals surface area contributed by atoms with Crippen LogP contribution in [0.1, 0.15) is 17.2 Å². The van der Waals surface area contributed by atoms with E-state index in [1.807, 2.05) is 0 Å². The lowest BCUT2D eigenvalue weighted by atomic mass is 9.98. The first-order valence-electron chi connectivity index (χ1n) is 5.97. The molecule has 3 N–H and O–H groups in total. The van der Waals surface area contributed by atoms with Gasteiger partial charge < -0.3 is 0 Å². The van der Waals surface area contributed by atoms with Gasteiger partial charge >= 0.3 is 0 Å². The van der Waals surface area contributed by atoms with Crippen molar-refractivity contribution in [2.45, 2.75) is 12.5 Å². The zero-order valence-corrected chi connectivity index (χ0v) is 13.0. The lowest BCUT2D eigenvalue weighted by Gasteiger charge is -2.18. The van der Waals surface area contributed by atoms with Gasteiger partial charge in [-0.15, -0.1) is 0 Å². The Kier molecular flexibility index (Phi) is 5.27. The lowest BCUT2D eigenvalue weighted by molar-refractivity contribution is 0.465. The summed E-state index contributed by atoms with van der Waals surface area (Å²) in [6.45, 7) is 0. The predicted molar refractivity (Wildman–Crippen MR) is 79.2 cm³/mol. The zero-order chi connectivity index (χ0) is 15.6. The number of rotatable bonds is 4. The lowest BCUT2D eigenvalue weighted by Crippen LogP contribution is -2.31. The average molecular weight is 380 g/mol. The van der Waals surface area contributed by atoms with E-state index in [4.69, 9.17) is 17.4 Å². The fourth-order valence-electron chi connectivity index (χ4n) is 2.05. The van der Waals surface area contributed by atoms with E-state index in [1.165, 1.54) is 18.2 Å². The smallest absolute Gasteiger partial charge is 0.132 e. The molecule has 0 aromatic heterocycles. The molecule has 0 saturated carbocycles. The Morgan fingerprint density at radius 2 is 1.71 bits per heavy atom. The predicted octanol–water partition coefficient (Wildman–Crippen LogP) is 4.27. The monoisotopic (exact) mass is 378 g/mol. The molecule has 0 fully saturated rings. The highest BCUT2D eigenvalue weighted by Gasteiger charge is 2.21. The Morgan fingerprint density at radius 1 is 1.10 bits per heavy atom. The number of hydrazine groups is 1. The third kappa shape index (κ3) is 3.77. The summed E-state index contributed by atoms with van der Waals surface area (Å²) in [5.41, 5.74) is 2.27. The molecule has 1 atom stereocenters. The van der Waals surface area contributed by atoms with Crippen LogP contribution in [0.5, 0.6) is 0 Å². The first kappa shape index (κ1) is 16.3. The number of hydrogen-bond acceptors (Lipinski definition) is 2. The number of halogens is 5. The van der Waals surface area contributed by atoms with Gasteiger partial charge in [-0.3, -0.25) is 11.3 Å². The quantitative estimate of drug-likeness (QED) is 0.615. The highest BCUT2D eigenvalue weighted by atomic mass is 79.9. The molecule has 0 aliphatic heterocycles. The molecular weight excluding hydrogens is 369 g/mol. The Balaban J connectivity index is 2.39. The standard InChI is InChI=1S/C14H11BrClF3N2/c15-8-5-11(18)14(12(19)6-8)13(21-20)4-7-3-9(16)1-2-10(7)17/h1-3,5-6,13,21H,4,20H2. The molecule has 0 saturated heterocycles. The third-order valence-corrected chi connectivity index (χ3v) is 3.72. The van der Waals surface area contributed by atoms with Crippen LogP contribution >= 0.6 is 27.5 Å². The van der Waals surface area contributed by atoms with Crippen LogP contribution in [0.3, 0.4) is 0 Å². The number of hydrogen-bond donors (Lipinski definition) is 2. The molecule has 2 nitrogen and oxygen atoms in total. The number of nitrogens with two attached hydrogens (primary N) is 1. The van der Waals surface area contributed by atoms with Crippen LogP contribution in [0.4, 0.5) is 13.2 Å². The average Bonchev–Trinajstić information content (AvgIpc) is 2.40.